The molecule has 2 heterocycles. The number of rotatable bonds is 3. The van der Waals surface area contributed by atoms with E-state index < -0.39 is 0 Å². The third kappa shape index (κ3) is 1.50. The number of nitrogens with one attached hydrogen (secondary N) is 1. The van der Waals surface area contributed by atoms with Crippen molar-refractivity contribution in [2.75, 3.05) is 7.05 Å². The van der Waals surface area contributed by atoms with E-state index in [4.69, 9.17) is 0 Å². The van der Waals surface area contributed by atoms with Crippen molar-refractivity contribution in [1.82, 2.24) is 19.9 Å². The van der Waals surface area contributed by atoms with Crippen LogP contribution in [0.15, 0.2) is 18.2 Å². The molecule has 1 N–H and O–H groups in total. The van der Waals surface area contributed by atoms with E-state index in [9.17, 15) is 0 Å². The minimum Gasteiger partial charge on any atom is -0.314 e. The molecule has 1 aliphatic carbocycles. The Morgan fingerprint density at radius 3 is 3.00 bits per heavy atom. The Hall–Kier alpha value is -1.42. The van der Waals surface area contributed by atoms with Gasteiger partial charge in [-0.05, 0) is 32.0 Å². The molecular weight excluding hydrogens is 200 g/mol. The third-order valence-electron chi connectivity index (χ3n) is 3.28. The lowest BCUT2D eigenvalue weighted by atomic mass is 9.85. The van der Waals surface area contributed by atoms with Crippen LogP contribution in [-0.4, -0.2) is 21.6 Å². The summed E-state index contributed by atoms with van der Waals surface area (Å²) < 4.78 is 1.96. The smallest absolute Gasteiger partial charge is 0.155 e. The molecule has 0 unspecified atom stereocenters. The summed E-state index contributed by atoms with van der Waals surface area (Å²) in [6.45, 7) is 0.824. The molecule has 0 aliphatic heterocycles. The Labute approximate surface area is 94.7 Å². The van der Waals surface area contributed by atoms with Crippen molar-refractivity contribution in [2.24, 2.45) is 0 Å². The molecule has 4 heteroatoms. The van der Waals surface area contributed by atoms with Gasteiger partial charge in [-0.15, -0.1) is 0 Å². The highest BCUT2D eigenvalue weighted by Crippen LogP contribution is 2.34. The van der Waals surface area contributed by atoms with Gasteiger partial charge in [-0.25, -0.2) is 9.50 Å². The van der Waals surface area contributed by atoms with Crippen molar-refractivity contribution in [2.45, 2.75) is 31.7 Å². The molecule has 1 saturated carbocycles. The van der Waals surface area contributed by atoms with Gasteiger partial charge in [0.25, 0.3) is 0 Å². The molecule has 16 heavy (non-hydrogen) atoms. The maximum Gasteiger partial charge on any atom is 0.155 e. The highest BCUT2D eigenvalue weighted by Gasteiger charge is 2.23. The second kappa shape index (κ2) is 3.87. The number of fused-ring (bicyclic) bond motifs is 1. The van der Waals surface area contributed by atoms with Gasteiger partial charge in [-0.3, -0.25) is 0 Å². The number of hydrogen-bond donors (Lipinski definition) is 1. The SMILES string of the molecule is CNCc1cccc2nc(C3CCC3)nn12. The zero-order chi connectivity index (χ0) is 11.0. The van der Waals surface area contributed by atoms with Crippen molar-refractivity contribution in [1.29, 1.82) is 0 Å². The van der Waals surface area contributed by atoms with Crippen molar-refractivity contribution >= 4 is 5.65 Å². The molecule has 2 aromatic heterocycles. The maximum absolute atomic E-state index is 4.62. The summed E-state index contributed by atoms with van der Waals surface area (Å²) in [4.78, 5) is 4.60. The van der Waals surface area contributed by atoms with Gasteiger partial charge in [0, 0.05) is 12.5 Å². The van der Waals surface area contributed by atoms with Crippen LogP contribution in [0.2, 0.25) is 0 Å². The van der Waals surface area contributed by atoms with Crippen molar-refractivity contribution < 1.29 is 0 Å². The van der Waals surface area contributed by atoms with Crippen LogP contribution in [-0.2, 0) is 6.54 Å². The molecular formula is C12H16N4. The highest BCUT2D eigenvalue weighted by atomic mass is 15.3. The van der Waals surface area contributed by atoms with Gasteiger partial charge < -0.3 is 5.32 Å². The minimum absolute atomic E-state index is 0.599. The molecule has 4 nitrogen and oxygen atoms in total. The van der Waals surface area contributed by atoms with Crippen molar-refractivity contribution in [3.8, 4) is 0 Å². The first kappa shape index (κ1) is 9.78. The lowest BCUT2D eigenvalue weighted by molar-refractivity contribution is 0.401. The minimum atomic E-state index is 0.599. The lowest BCUT2D eigenvalue weighted by Gasteiger charge is -2.21. The normalized spacial score (nSPS) is 16.6. The summed E-state index contributed by atoms with van der Waals surface area (Å²) in [5.74, 6) is 1.62. The number of pyridine rings is 1. The van der Waals surface area contributed by atoms with Gasteiger partial charge in [0.15, 0.2) is 11.5 Å². The average Bonchev–Trinajstić information content (AvgIpc) is 2.59. The van der Waals surface area contributed by atoms with E-state index in [2.05, 4.69) is 21.5 Å². The van der Waals surface area contributed by atoms with E-state index in [0.29, 0.717) is 5.92 Å². The van der Waals surface area contributed by atoms with E-state index in [1.807, 2.05) is 23.7 Å². The molecule has 0 bridgehead atoms. The zero-order valence-corrected chi connectivity index (χ0v) is 9.48. The van der Waals surface area contributed by atoms with Crippen LogP contribution in [0.25, 0.3) is 5.65 Å². The Bertz CT molecular complexity index is 499. The average molecular weight is 216 g/mol. The fourth-order valence-electron chi connectivity index (χ4n) is 2.13. The predicted molar refractivity (Wildman–Crippen MR) is 62.3 cm³/mol. The van der Waals surface area contributed by atoms with E-state index in [-0.39, 0.29) is 0 Å². The molecule has 1 fully saturated rings. The first-order valence-electron chi connectivity index (χ1n) is 5.87. The topological polar surface area (TPSA) is 42.2 Å². The van der Waals surface area contributed by atoms with Crippen molar-refractivity contribution in [3.63, 3.8) is 0 Å². The first-order valence-corrected chi connectivity index (χ1v) is 5.87. The summed E-state index contributed by atoms with van der Waals surface area (Å²) >= 11 is 0. The fraction of sp³-hybridized carbons (Fsp3) is 0.500. The predicted octanol–water partition coefficient (Wildman–Crippen LogP) is 1.72. The Morgan fingerprint density at radius 2 is 2.31 bits per heavy atom. The van der Waals surface area contributed by atoms with Gasteiger partial charge in [0.1, 0.15) is 0 Å². The van der Waals surface area contributed by atoms with Gasteiger partial charge in [-0.1, -0.05) is 12.5 Å². The molecule has 3 rings (SSSR count). The van der Waals surface area contributed by atoms with Gasteiger partial charge in [0.05, 0.1) is 5.69 Å². The van der Waals surface area contributed by atoms with Crippen LogP contribution in [0, 0.1) is 0 Å². The van der Waals surface area contributed by atoms with E-state index in [0.717, 1.165) is 23.7 Å². The molecule has 2 aromatic rings. The molecule has 84 valence electrons. The van der Waals surface area contributed by atoms with Crippen LogP contribution in [0.5, 0.6) is 0 Å². The summed E-state index contributed by atoms with van der Waals surface area (Å²) in [6, 6.07) is 6.15. The highest BCUT2D eigenvalue weighted by molar-refractivity contribution is 5.39. The lowest BCUT2D eigenvalue weighted by Crippen LogP contribution is -2.12. The van der Waals surface area contributed by atoms with E-state index >= 15 is 0 Å². The molecule has 0 amide bonds. The number of aromatic nitrogens is 3. The molecule has 0 atom stereocenters. The molecule has 1 aliphatic rings. The monoisotopic (exact) mass is 216 g/mol. The Morgan fingerprint density at radius 1 is 1.44 bits per heavy atom. The van der Waals surface area contributed by atoms with Crippen LogP contribution < -0.4 is 5.32 Å². The number of nitrogens with zero attached hydrogens (tertiary/aromatic N) is 3. The second-order valence-corrected chi connectivity index (χ2v) is 4.42. The largest absolute Gasteiger partial charge is 0.314 e. The van der Waals surface area contributed by atoms with Crippen LogP contribution in [0.3, 0.4) is 0 Å². The summed E-state index contributed by atoms with van der Waals surface area (Å²) in [5.41, 5.74) is 2.13. The van der Waals surface area contributed by atoms with Gasteiger partial charge >= 0.3 is 0 Å². The zero-order valence-electron chi connectivity index (χ0n) is 9.48. The fourth-order valence-corrected chi connectivity index (χ4v) is 2.13. The Balaban J connectivity index is 2.05. The third-order valence-corrected chi connectivity index (χ3v) is 3.28. The van der Waals surface area contributed by atoms with Gasteiger partial charge in [-0.2, -0.15) is 5.10 Å². The van der Waals surface area contributed by atoms with Crippen LogP contribution >= 0.6 is 0 Å². The molecule has 0 aromatic carbocycles. The van der Waals surface area contributed by atoms with E-state index in [1.54, 1.807) is 0 Å². The maximum atomic E-state index is 4.62. The standard InChI is InChI=1S/C12H16N4/c1-13-8-10-6-3-7-11-14-12(15-16(10)11)9-4-2-5-9/h3,6-7,9,13H,2,4-5,8H2,1H3. The number of hydrogen-bond acceptors (Lipinski definition) is 3. The van der Waals surface area contributed by atoms with Crippen LogP contribution in [0.4, 0.5) is 0 Å². The molecule has 0 saturated heterocycles. The quantitative estimate of drug-likeness (QED) is 0.849. The van der Waals surface area contributed by atoms with Crippen molar-refractivity contribution in [3.05, 3.63) is 29.7 Å². The summed E-state index contributed by atoms with van der Waals surface area (Å²) in [7, 11) is 1.95. The van der Waals surface area contributed by atoms with Crippen LogP contribution in [0.1, 0.15) is 36.7 Å². The molecule has 0 spiro atoms. The first-order chi connectivity index (χ1) is 7.88. The summed E-state index contributed by atoms with van der Waals surface area (Å²) in [6.07, 6.45) is 3.82. The van der Waals surface area contributed by atoms with Gasteiger partial charge in [0.2, 0.25) is 0 Å². The molecule has 0 radical (unpaired) electrons. The summed E-state index contributed by atoms with van der Waals surface area (Å²) in [5, 5.41) is 7.77. The van der Waals surface area contributed by atoms with E-state index in [1.165, 1.54) is 19.3 Å². The Kier molecular flexibility index (Phi) is 2.36. The second-order valence-electron chi connectivity index (χ2n) is 4.42.